The van der Waals surface area contributed by atoms with E-state index in [1.807, 2.05) is 6.07 Å². The number of para-hydroxylation sites is 1. The minimum Gasteiger partial charge on any atom is -0.478 e. The van der Waals surface area contributed by atoms with Gasteiger partial charge in [0.1, 0.15) is 0 Å². The Morgan fingerprint density at radius 2 is 2.06 bits per heavy atom. The lowest BCUT2D eigenvalue weighted by Crippen LogP contribution is -2.34. The van der Waals surface area contributed by atoms with Gasteiger partial charge in [-0.25, -0.2) is 4.79 Å². The van der Waals surface area contributed by atoms with Crippen molar-refractivity contribution in [3.8, 4) is 0 Å². The van der Waals surface area contributed by atoms with Crippen LogP contribution in [0.15, 0.2) is 22.7 Å². The number of benzene rings is 1. The zero-order chi connectivity index (χ0) is 12.4. The van der Waals surface area contributed by atoms with Crippen LogP contribution in [0.5, 0.6) is 0 Å². The van der Waals surface area contributed by atoms with Gasteiger partial charge in [-0.3, -0.25) is 0 Å². The Labute approximate surface area is 110 Å². The van der Waals surface area contributed by atoms with Gasteiger partial charge < -0.3 is 10.0 Å². The third kappa shape index (κ3) is 2.63. The molecule has 3 nitrogen and oxygen atoms in total. The van der Waals surface area contributed by atoms with Gasteiger partial charge in [0.15, 0.2) is 0 Å². The summed E-state index contributed by atoms with van der Waals surface area (Å²) in [7, 11) is 0. The summed E-state index contributed by atoms with van der Waals surface area (Å²) in [5.41, 5.74) is 1.21. The van der Waals surface area contributed by atoms with Crippen molar-refractivity contribution in [2.75, 3.05) is 18.0 Å². The van der Waals surface area contributed by atoms with Gasteiger partial charge in [0.05, 0.1) is 11.3 Å². The molecule has 1 saturated heterocycles. The Hall–Kier alpha value is -1.03. The van der Waals surface area contributed by atoms with Gasteiger partial charge in [-0.1, -0.05) is 13.0 Å². The maximum absolute atomic E-state index is 11.2. The number of carboxylic acids is 1. The van der Waals surface area contributed by atoms with E-state index in [1.165, 1.54) is 0 Å². The third-order valence-electron chi connectivity index (χ3n) is 3.32. The van der Waals surface area contributed by atoms with Gasteiger partial charge in [-0.2, -0.15) is 0 Å². The lowest BCUT2D eigenvalue weighted by Gasteiger charge is -2.33. The van der Waals surface area contributed by atoms with Crippen LogP contribution in [0.1, 0.15) is 30.1 Å². The van der Waals surface area contributed by atoms with E-state index in [1.54, 1.807) is 12.1 Å². The van der Waals surface area contributed by atoms with Crippen LogP contribution < -0.4 is 4.90 Å². The highest BCUT2D eigenvalue weighted by Crippen LogP contribution is 2.33. The summed E-state index contributed by atoms with van der Waals surface area (Å²) in [5, 5.41) is 9.23. The number of nitrogens with zero attached hydrogens (tertiary/aromatic N) is 1. The molecule has 0 bridgehead atoms. The minimum absolute atomic E-state index is 0.383. The third-order valence-corrected chi connectivity index (χ3v) is 3.96. The Morgan fingerprint density at radius 3 is 2.65 bits per heavy atom. The first-order chi connectivity index (χ1) is 8.09. The number of hydrogen-bond acceptors (Lipinski definition) is 2. The summed E-state index contributed by atoms with van der Waals surface area (Å²) in [5.74, 6) is -0.123. The summed E-state index contributed by atoms with van der Waals surface area (Å²) >= 11 is 3.46. The number of hydrogen-bond donors (Lipinski definition) is 1. The molecule has 4 heteroatoms. The zero-order valence-corrected chi connectivity index (χ0v) is 11.4. The number of rotatable bonds is 2. The average molecular weight is 298 g/mol. The van der Waals surface area contributed by atoms with Crippen LogP contribution in [0.4, 0.5) is 5.69 Å². The Morgan fingerprint density at radius 1 is 1.41 bits per heavy atom. The first-order valence-corrected chi connectivity index (χ1v) is 6.65. The highest BCUT2D eigenvalue weighted by Gasteiger charge is 2.22. The molecule has 1 N–H and O–H groups in total. The van der Waals surface area contributed by atoms with Crippen LogP contribution in [0, 0.1) is 5.92 Å². The summed E-state index contributed by atoms with van der Waals surface area (Å²) in [6.45, 7) is 4.11. The summed E-state index contributed by atoms with van der Waals surface area (Å²) < 4.78 is 0.868. The van der Waals surface area contributed by atoms with Crippen molar-refractivity contribution in [3.05, 3.63) is 28.2 Å². The lowest BCUT2D eigenvalue weighted by molar-refractivity contribution is 0.0697. The second-order valence-corrected chi connectivity index (χ2v) is 5.47. The van der Waals surface area contributed by atoms with Gasteiger partial charge in [0, 0.05) is 17.6 Å². The normalized spacial score (nSPS) is 17.2. The largest absolute Gasteiger partial charge is 0.478 e. The standard InChI is InChI=1S/C13H16BrNO2/c1-9-5-7-15(8-6-9)12-10(13(16)17)3-2-4-11(12)14/h2-4,9H,5-8H2,1H3,(H,16,17). The van der Waals surface area contributed by atoms with Crippen LogP contribution >= 0.6 is 15.9 Å². The number of piperidine rings is 1. The molecule has 0 spiro atoms. The SMILES string of the molecule is CC1CCN(c2c(Br)cccc2C(=O)O)CC1. The van der Waals surface area contributed by atoms with Crippen LogP contribution in [-0.4, -0.2) is 24.2 Å². The van der Waals surface area contributed by atoms with Crippen LogP contribution in [0.3, 0.4) is 0 Å². The first kappa shape index (κ1) is 12.4. The smallest absolute Gasteiger partial charge is 0.337 e. The maximum Gasteiger partial charge on any atom is 0.337 e. The van der Waals surface area contributed by atoms with Crippen molar-refractivity contribution >= 4 is 27.6 Å². The van der Waals surface area contributed by atoms with Crippen molar-refractivity contribution < 1.29 is 9.90 Å². The quantitative estimate of drug-likeness (QED) is 0.910. The van der Waals surface area contributed by atoms with Gasteiger partial charge in [-0.15, -0.1) is 0 Å². The molecule has 0 unspecified atom stereocenters. The Bertz CT molecular complexity index is 425. The van der Waals surface area contributed by atoms with E-state index >= 15 is 0 Å². The summed E-state index contributed by atoms with van der Waals surface area (Å²) in [4.78, 5) is 13.4. The molecule has 1 aliphatic rings. The monoisotopic (exact) mass is 297 g/mol. The van der Waals surface area contributed by atoms with E-state index in [9.17, 15) is 9.90 Å². The number of anilines is 1. The second kappa shape index (κ2) is 5.08. The molecule has 0 amide bonds. The number of halogens is 1. The fourth-order valence-electron chi connectivity index (χ4n) is 2.24. The molecule has 0 atom stereocenters. The second-order valence-electron chi connectivity index (χ2n) is 4.61. The van der Waals surface area contributed by atoms with E-state index in [0.717, 1.165) is 42.0 Å². The topological polar surface area (TPSA) is 40.5 Å². The molecule has 2 rings (SSSR count). The number of carboxylic acid groups (broad SMARTS) is 1. The molecule has 92 valence electrons. The first-order valence-electron chi connectivity index (χ1n) is 5.86. The maximum atomic E-state index is 11.2. The summed E-state index contributed by atoms with van der Waals surface area (Å²) in [6, 6.07) is 5.34. The molecular formula is C13H16BrNO2. The molecule has 17 heavy (non-hydrogen) atoms. The van der Waals surface area contributed by atoms with Crippen LogP contribution in [0.25, 0.3) is 0 Å². The van der Waals surface area contributed by atoms with Crippen molar-refractivity contribution in [2.24, 2.45) is 5.92 Å². The fraction of sp³-hybridized carbons (Fsp3) is 0.462. The molecule has 1 fully saturated rings. The van der Waals surface area contributed by atoms with E-state index in [-0.39, 0.29) is 0 Å². The molecule has 1 aromatic rings. The molecule has 1 aliphatic heterocycles. The van der Waals surface area contributed by atoms with Gasteiger partial charge in [0.25, 0.3) is 0 Å². The zero-order valence-electron chi connectivity index (χ0n) is 9.82. The Balaban J connectivity index is 2.33. The summed E-state index contributed by atoms with van der Waals surface area (Å²) in [6.07, 6.45) is 2.25. The Kier molecular flexibility index (Phi) is 3.72. The van der Waals surface area contributed by atoms with Gasteiger partial charge in [0.2, 0.25) is 0 Å². The molecule has 0 aliphatic carbocycles. The minimum atomic E-state index is -0.861. The van der Waals surface area contributed by atoms with E-state index in [0.29, 0.717) is 5.56 Å². The van der Waals surface area contributed by atoms with Crippen molar-refractivity contribution in [3.63, 3.8) is 0 Å². The molecule has 1 aromatic carbocycles. The lowest BCUT2D eigenvalue weighted by atomic mass is 9.98. The molecule has 0 radical (unpaired) electrons. The van der Waals surface area contributed by atoms with E-state index < -0.39 is 5.97 Å². The predicted octanol–water partition coefficient (Wildman–Crippen LogP) is 3.38. The molecule has 0 saturated carbocycles. The van der Waals surface area contributed by atoms with Crippen molar-refractivity contribution in [2.45, 2.75) is 19.8 Å². The number of carbonyl (C=O) groups is 1. The molecule has 1 heterocycles. The molecular weight excluding hydrogens is 282 g/mol. The van der Waals surface area contributed by atoms with Crippen LogP contribution in [-0.2, 0) is 0 Å². The highest BCUT2D eigenvalue weighted by atomic mass is 79.9. The van der Waals surface area contributed by atoms with Crippen LogP contribution in [0.2, 0.25) is 0 Å². The van der Waals surface area contributed by atoms with Crippen molar-refractivity contribution in [1.29, 1.82) is 0 Å². The van der Waals surface area contributed by atoms with Crippen molar-refractivity contribution in [1.82, 2.24) is 0 Å². The number of aromatic carboxylic acids is 1. The molecule has 0 aromatic heterocycles. The average Bonchev–Trinajstić information content (AvgIpc) is 2.30. The van der Waals surface area contributed by atoms with Gasteiger partial charge >= 0.3 is 5.97 Å². The fourth-order valence-corrected chi connectivity index (χ4v) is 2.86. The van der Waals surface area contributed by atoms with E-state index in [2.05, 4.69) is 27.8 Å². The van der Waals surface area contributed by atoms with Gasteiger partial charge in [-0.05, 0) is 46.8 Å². The highest BCUT2D eigenvalue weighted by molar-refractivity contribution is 9.10. The predicted molar refractivity (Wildman–Crippen MR) is 71.7 cm³/mol. The van der Waals surface area contributed by atoms with E-state index in [4.69, 9.17) is 0 Å².